The molecular formula is C9H5F6NO2. The number of nitrogens with two attached hydrogens (primary N) is 1. The zero-order valence-electron chi connectivity index (χ0n) is 8.36. The van der Waals surface area contributed by atoms with Gasteiger partial charge in [0.1, 0.15) is 5.75 Å². The molecule has 0 aromatic heterocycles. The molecule has 0 fully saturated rings. The highest BCUT2D eigenvalue weighted by Gasteiger charge is 2.41. The number of primary amides is 1. The van der Waals surface area contributed by atoms with Crippen LogP contribution < -0.4 is 5.73 Å². The molecular weight excluding hydrogens is 268 g/mol. The Bertz CT molecular complexity index is 491. The first kappa shape index (κ1) is 14.1. The van der Waals surface area contributed by atoms with Crippen LogP contribution in [0.3, 0.4) is 0 Å². The van der Waals surface area contributed by atoms with E-state index in [1.807, 2.05) is 0 Å². The van der Waals surface area contributed by atoms with Gasteiger partial charge in [-0.05, 0) is 12.1 Å². The van der Waals surface area contributed by atoms with Crippen LogP contribution in [0.4, 0.5) is 26.3 Å². The van der Waals surface area contributed by atoms with Gasteiger partial charge in [-0.1, -0.05) is 0 Å². The lowest BCUT2D eigenvalue weighted by Gasteiger charge is -2.15. The van der Waals surface area contributed by atoms with Gasteiger partial charge in [-0.25, -0.2) is 0 Å². The van der Waals surface area contributed by atoms with Gasteiger partial charge in [0.2, 0.25) is 5.91 Å². The Morgan fingerprint density at radius 1 is 1.00 bits per heavy atom. The largest absolute Gasteiger partial charge is 0.507 e. The molecule has 0 saturated heterocycles. The summed E-state index contributed by atoms with van der Waals surface area (Å²) in [6.07, 6.45) is -10.4. The molecule has 0 aliphatic heterocycles. The lowest BCUT2D eigenvalue weighted by atomic mass is 10.0. The smallest absolute Gasteiger partial charge is 0.419 e. The molecule has 0 saturated carbocycles. The SMILES string of the molecule is NC(=O)c1cc(O)c(C(F)(F)F)cc1C(F)(F)F. The Balaban J connectivity index is 3.62. The number of carbonyl (C=O) groups excluding carboxylic acids is 1. The van der Waals surface area contributed by atoms with E-state index in [0.29, 0.717) is 0 Å². The molecule has 0 aliphatic carbocycles. The lowest BCUT2D eigenvalue weighted by Crippen LogP contribution is -2.20. The number of carbonyl (C=O) groups is 1. The van der Waals surface area contributed by atoms with E-state index in [1.165, 1.54) is 0 Å². The summed E-state index contributed by atoms with van der Waals surface area (Å²) in [6.45, 7) is 0. The Morgan fingerprint density at radius 3 is 1.78 bits per heavy atom. The average molecular weight is 273 g/mol. The number of alkyl halides is 6. The fraction of sp³-hybridized carbons (Fsp3) is 0.222. The van der Waals surface area contributed by atoms with Crippen molar-refractivity contribution in [2.24, 2.45) is 5.73 Å². The summed E-state index contributed by atoms with van der Waals surface area (Å²) in [4.78, 5) is 10.7. The van der Waals surface area contributed by atoms with Crippen LogP contribution in [0.5, 0.6) is 5.75 Å². The van der Waals surface area contributed by atoms with Gasteiger partial charge in [0.25, 0.3) is 0 Å². The van der Waals surface area contributed by atoms with E-state index in [4.69, 9.17) is 5.11 Å². The van der Waals surface area contributed by atoms with E-state index in [1.54, 1.807) is 0 Å². The highest BCUT2D eigenvalue weighted by Crippen LogP contribution is 2.41. The summed E-state index contributed by atoms with van der Waals surface area (Å²) >= 11 is 0. The molecule has 0 heterocycles. The van der Waals surface area contributed by atoms with Crippen molar-refractivity contribution in [1.29, 1.82) is 0 Å². The van der Waals surface area contributed by atoms with Crippen molar-refractivity contribution in [3.8, 4) is 5.75 Å². The minimum absolute atomic E-state index is 0.0496. The Labute approximate surface area is 95.8 Å². The lowest BCUT2D eigenvalue weighted by molar-refractivity contribution is -0.144. The van der Waals surface area contributed by atoms with E-state index in [9.17, 15) is 31.1 Å². The third-order valence-electron chi connectivity index (χ3n) is 2.01. The molecule has 1 amide bonds. The second-order valence-electron chi connectivity index (χ2n) is 3.27. The first-order chi connectivity index (χ1) is 7.94. The van der Waals surface area contributed by atoms with Gasteiger partial charge in [0, 0.05) is 0 Å². The average Bonchev–Trinajstić information content (AvgIpc) is 2.12. The van der Waals surface area contributed by atoms with Crippen LogP contribution in [-0.4, -0.2) is 11.0 Å². The van der Waals surface area contributed by atoms with Crippen LogP contribution in [-0.2, 0) is 12.4 Å². The number of phenols is 1. The van der Waals surface area contributed by atoms with Crippen molar-refractivity contribution >= 4 is 5.91 Å². The molecule has 0 bridgehead atoms. The highest BCUT2D eigenvalue weighted by atomic mass is 19.4. The summed E-state index contributed by atoms with van der Waals surface area (Å²) in [6, 6.07) is -0.302. The molecule has 100 valence electrons. The zero-order valence-corrected chi connectivity index (χ0v) is 8.36. The number of aromatic hydroxyl groups is 1. The van der Waals surface area contributed by atoms with E-state index >= 15 is 0 Å². The summed E-state index contributed by atoms with van der Waals surface area (Å²) in [5, 5.41) is 8.97. The van der Waals surface area contributed by atoms with Gasteiger partial charge in [0.15, 0.2) is 0 Å². The van der Waals surface area contributed by atoms with Crippen LogP contribution in [0, 0.1) is 0 Å². The van der Waals surface area contributed by atoms with Crippen molar-refractivity contribution in [3.63, 3.8) is 0 Å². The Hall–Kier alpha value is -1.93. The Morgan fingerprint density at radius 2 is 1.44 bits per heavy atom. The molecule has 1 aromatic carbocycles. The van der Waals surface area contributed by atoms with Gasteiger partial charge in [-0.3, -0.25) is 4.79 Å². The summed E-state index contributed by atoms with van der Waals surface area (Å²) in [5.41, 5.74) is -0.357. The molecule has 9 heteroatoms. The van der Waals surface area contributed by atoms with E-state index in [0.717, 1.165) is 0 Å². The first-order valence-electron chi connectivity index (χ1n) is 4.26. The minimum atomic E-state index is -5.20. The van der Waals surface area contributed by atoms with Gasteiger partial charge in [-0.15, -0.1) is 0 Å². The van der Waals surface area contributed by atoms with Crippen LogP contribution in [0.1, 0.15) is 21.5 Å². The number of hydrogen-bond donors (Lipinski definition) is 2. The molecule has 0 unspecified atom stereocenters. The topological polar surface area (TPSA) is 63.3 Å². The number of phenolic OH excluding ortho intramolecular Hbond substituents is 1. The highest BCUT2D eigenvalue weighted by molar-refractivity contribution is 5.95. The monoisotopic (exact) mass is 273 g/mol. The van der Waals surface area contributed by atoms with Crippen molar-refractivity contribution in [3.05, 3.63) is 28.8 Å². The van der Waals surface area contributed by atoms with Gasteiger partial charge in [-0.2, -0.15) is 26.3 Å². The van der Waals surface area contributed by atoms with Crippen molar-refractivity contribution in [1.82, 2.24) is 0 Å². The van der Waals surface area contributed by atoms with Crippen molar-refractivity contribution < 1.29 is 36.2 Å². The molecule has 0 atom stereocenters. The normalized spacial score (nSPS) is 12.6. The maximum Gasteiger partial charge on any atom is 0.419 e. The van der Waals surface area contributed by atoms with E-state index in [-0.39, 0.29) is 12.1 Å². The number of hydrogen-bond acceptors (Lipinski definition) is 2. The standard InChI is InChI=1S/C9H5F6NO2/c10-8(11,12)4-2-5(9(13,14)15)6(17)1-3(4)7(16)18/h1-2,17H,(H2,16,18). The second kappa shape index (κ2) is 4.07. The number of rotatable bonds is 1. The predicted octanol–water partition coefficient (Wildman–Crippen LogP) is 2.53. The molecule has 1 aromatic rings. The predicted molar refractivity (Wildman–Crippen MR) is 46.6 cm³/mol. The van der Waals surface area contributed by atoms with Gasteiger partial charge >= 0.3 is 12.4 Å². The Kier molecular flexibility index (Phi) is 3.20. The molecule has 1 rings (SSSR count). The molecule has 0 spiro atoms. The molecule has 0 aliphatic rings. The summed E-state index contributed by atoms with van der Waals surface area (Å²) in [7, 11) is 0. The van der Waals surface area contributed by atoms with Crippen molar-refractivity contribution in [2.75, 3.05) is 0 Å². The van der Waals surface area contributed by atoms with Crippen LogP contribution >= 0.6 is 0 Å². The quantitative estimate of drug-likeness (QED) is 0.772. The van der Waals surface area contributed by atoms with Gasteiger partial charge in [0.05, 0.1) is 16.7 Å². The van der Waals surface area contributed by atoms with E-state index in [2.05, 4.69) is 5.73 Å². The number of halogens is 6. The number of amides is 1. The molecule has 3 nitrogen and oxygen atoms in total. The maximum absolute atomic E-state index is 12.5. The van der Waals surface area contributed by atoms with Crippen molar-refractivity contribution in [2.45, 2.75) is 12.4 Å². The number of benzene rings is 1. The van der Waals surface area contributed by atoms with E-state index < -0.39 is 40.7 Å². The van der Waals surface area contributed by atoms with Crippen LogP contribution in [0.15, 0.2) is 12.1 Å². The third-order valence-corrected chi connectivity index (χ3v) is 2.01. The summed E-state index contributed by atoms with van der Waals surface area (Å²) in [5.74, 6) is -3.09. The van der Waals surface area contributed by atoms with Gasteiger partial charge < -0.3 is 10.8 Å². The maximum atomic E-state index is 12.5. The zero-order chi connectivity index (χ0) is 14.3. The van der Waals surface area contributed by atoms with Crippen LogP contribution in [0.2, 0.25) is 0 Å². The molecule has 0 radical (unpaired) electrons. The second-order valence-corrected chi connectivity index (χ2v) is 3.27. The minimum Gasteiger partial charge on any atom is -0.507 e. The first-order valence-corrected chi connectivity index (χ1v) is 4.26. The third kappa shape index (κ3) is 2.66. The fourth-order valence-electron chi connectivity index (χ4n) is 1.25. The fourth-order valence-corrected chi connectivity index (χ4v) is 1.25. The molecule has 18 heavy (non-hydrogen) atoms. The molecule has 3 N–H and O–H groups in total. The van der Waals surface area contributed by atoms with Crippen LogP contribution in [0.25, 0.3) is 0 Å². The summed E-state index contributed by atoms with van der Waals surface area (Å²) < 4.78 is 74.3.